The molecule has 3 aromatic rings. The summed E-state index contributed by atoms with van der Waals surface area (Å²) in [6.45, 7) is 1.21. The molecule has 1 atom stereocenters. The lowest BCUT2D eigenvalue weighted by Crippen LogP contribution is -2.49. The van der Waals surface area contributed by atoms with Gasteiger partial charge < -0.3 is 16.2 Å². The van der Waals surface area contributed by atoms with Crippen molar-refractivity contribution in [2.45, 2.75) is 44.3 Å². The number of alkyl halides is 3. The quantitative estimate of drug-likeness (QED) is 0.364. The number of amides is 1. The van der Waals surface area contributed by atoms with Crippen LogP contribution in [0.5, 0.6) is 0 Å². The van der Waals surface area contributed by atoms with Gasteiger partial charge in [-0.1, -0.05) is 60.7 Å². The molecular formula is C27H27F3N2O3. The molecule has 3 rings (SSSR count). The van der Waals surface area contributed by atoms with Gasteiger partial charge in [-0.25, -0.2) is 0 Å². The fourth-order valence-corrected chi connectivity index (χ4v) is 3.78. The van der Waals surface area contributed by atoms with Crippen LogP contribution in [0.2, 0.25) is 0 Å². The second-order valence-corrected chi connectivity index (χ2v) is 8.73. The van der Waals surface area contributed by atoms with Gasteiger partial charge in [0.05, 0.1) is 12.0 Å². The number of aryl methyl sites for hydroxylation is 2. The van der Waals surface area contributed by atoms with Crippen molar-refractivity contribution in [2.24, 2.45) is 5.73 Å². The summed E-state index contributed by atoms with van der Waals surface area (Å²) >= 11 is 0. The maximum Gasteiger partial charge on any atom is 0.416 e. The van der Waals surface area contributed by atoms with Crippen molar-refractivity contribution in [3.05, 3.63) is 89.5 Å². The van der Waals surface area contributed by atoms with Crippen LogP contribution in [0.3, 0.4) is 0 Å². The highest BCUT2D eigenvalue weighted by molar-refractivity contribution is 5.99. The molecule has 35 heavy (non-hydrogen) atoms. The van der Waals surface area contributed by atoms with E-state index in [2.05, 4.69) is 5.32 Å². The number of anilines is 1. The Morgan fingerprint density at radius 1 is 0.914 bits per heavy atom. The standard InChI is InChI=1S/C27H27F3N2O3/c1-26(31,17-24(33)34)25(35)32-22-15-14-21(23(16-22)27(28,29)30)9-5-6-18-10-12-20(13-11-18)19-7-3-2-4-8-19/h2-4,7-8,10-16H,5-6,9,17,31H2,1H3,(H,32,35)(H,33,34)/t26-/m0/s1. The van der Waals surface area contributed by atoms with Crippen LogP contribution in [0.25, 0.3) is 11.1 Å². The van der Waals surface area contributed by atoms with Crippen LogP contribution >= 0.6 is 0 Å². The molecule has 4 N–H and O–H groups in total. The Labute approximate surface area is 201 Å². The largest absolute Gasteiger partial charge is 0.481 e. The zero-order chi connectivity index (χ0) is 25.6. The number of benzene rings is 3. The highest BCUT2D eigenvalue weighted by Gasteiger charge is 2.35. The summed E-state index contributed by atoms with van der Waals surface area (Å²) in [5.41, 5.74) is 6.33. The molecule has 0 bridgehead atoms. The Morgan fingerprint density at radius 3 is 2.14 bits per heavy atom. The number of halogens is 3. The van der Waals surface area contributed by atoms with Crippen LogP contribution in [0.4, 0.5) is 18.9 Å². The predicted octanol–water partition coefficient (Wildman–Crippen LogP) is 5.68. The van der Waals surface area contributed by atoms with E-state index in [4.69, 9.17) is 10.8 Å². The van der Waals surface area contributed by atoms with Crippen LogP contribution in [0.15, 0.2) is 72.8 Å². The summed E-state index contributed by atoms with van der Waals surface area (Å²) in [6.07, 6.45) is -3.93. The van der Waals surface area contributed by atoms with Gasteiger partial charge in [-0.2, -0.15) is 13.2 Å². The average Bonchev–Trinajstić information content (AvgIpc) is 2.79. The summed E-state index contributed by atoms with van der Waals surface area (Å²) in [5.74, 6) is -2.16. The molecular weight excluding hydrogens is 457 g/mol. The first-order valence-corrected chi connectivity index (χ1v) is 11.1. The minimum Gasteiger partial charge on any atom is -0.481 e. The number of carboxylic acid groups (broad SMARTS) is 1. The number of carbonyl (C=O) groups excluding carboxylic acids is 1. The van der Waals surface area contributed by atoms with Gasteiger partial charge in [0.1, 0.15) is 5.54 Å². The number of nitrogens with one attached hydrogen (secondary N) is 1. The third-order valence-corrected chi connectivity index (χ3v) is 5.68. The molecule has 184 valence electrons. The van der Waals surface area contributed by atoms with E-state index in [1.165, 1.54) is 19.1 Å². The van der Waals surface area contributed by atoms with E-state index in [0.717, 1.165) is 22.8 Å². The molecule has 0 aliphatic heterocycles. The van der Waals surface area contributed by atoms with Crippen LogP contribution in [0, 0.1) is 0 Å². The molecule has 0 heterocycles. The zero-order valence-electron chi connectivity index (χ0n) is 19.2. The molecule has 1 amide bonds. The van der Waals surface area contributed by atoms with E-state index in [1.807, 2.05) is 54.6 Å². The molecule has 0 fully saturated rings. The summed E-state index contributed by atoms with van der Waals surface area (Å²) in [6, 6.07) is 21.4. The van der Waals surface area contributed by atoms with Crippen LogP contribution in [-0.4, -0.2) is 22.5 Å². The molecule has 0 radical (unpaired) electrons. The first-order chi connectivity index (χ1) is 16.5. The normalized spacial score (nSPS) is 13.2. The molecule has 0 spiro atoms. The van der Waals surface area contributed by atoms with Crippen molar-refractivity contribution in [1.82, 2.24) is 0 Å². The number of rotatable bonds is 9. The summed E-state index contributed by atoms with van der Waals surface area (Å²) in [4.78, 5) is 23.2. The molecule has 8 heteroatoms. The number of hydrogen-bond donors (Lipinski definition) is 3. The summed E-state index contributed by atoms with van der Waals surface area (Å²) < 4.78 is 41.1. The average molecular weight is 485 g/mol. The number of carbonyl (C=O) groups is 2. The van der Waals surface area contributed by atoms with Crippen LogP contribution < -0.4 is 11.1 Å². The van der Waals surface area contributed by atoms with Crippen molar-refractivity contribution >= 4 is 17.6 Å². The summed E-state index contributed by atoms with van der Waals surface area (Å²) in [5, 5.41) is 11.2. The van der Waals surface area contributed by atoms with E-state index in [1.54, 1.807) is 0 Å². The molecule has 0 aliphatic carbocycles. The van der Waals surface area contributed by atoms with Crippen molar-refractivity contribution < 1.29 is 27.9 Å². The van der Waals surface area contributed by atoms with Crippen molar-refractivity contribution in [3.8, 4) is 11.1 Å². The molecule has 0 unspecified atom stereocenters. The topological polar surface area (TPSA) is 92.4 Å². The number of carboxylic acids is 1. The highest BCUT2D eigenvalue weighted by atomic mass is 19.4. The second kappa shape index (κ2) is 10.7. The number of nitrogens with two attached hydrogens (primary N) is 1. The van der Waals surface area contributed by atoms with Crippen LogP contribution in [0.1, 0.15) is 36.5 Å². The third kappa shape index (κ3) is 7.16. The molecule has 0 aliphatic rings. The Kier molecular flexibility index (Phi) is 7.96. The molecule has 0 aromatic heterocycles. The Balaban J connectivity index is 1.67. The first-order valence-electron chi connectivity index (χ1n) is 11.1. The fourth-order valence-electron chi connectivity index (χ4n) is 3.78. The minimum absolute atomic E-state index is 0.0929. The SMILES string of the molecule is C[C@](N)(CC(=O)O)C(=O)Nc1ccc(CCCc2ccc(-c3ccccc3)cc2)c(C(F)(F)F)c1. The van der Waals surface area contributed by atoms with Gasteiger partial charge in [0, 0.05) is 5.69 Å². The number of hydrogen-bond acceptors (Lipinski definition) is 3. The predicted molar refractivity (Wildman–Crippen MR) is 129 cm³/mol. The van der Waals surface area contributed by atoms with Gasteiger partial charge in [0.15, 0.2) is 0 Å². The molecule has 5 nitrogen and oxygen atoms in total. The number of aliphatic carboxylic acids is 1. The van der Waals surface area contributed by atoms with Gasteiger partial charge in [-0.15, -0.1) is 0 Å². The second-order valence-electron chi connectivity index (χ2n) is 8.73. The van der Waals surface area contributed by atoms with Gasteiger partial charge >= 0.3 is 12.1 Å². The molecule has 0 saturated heterocycles. The van der Waals surface area contributed by atoms with Gasteiger partial charge in [-0.05, 0) is 60.6 Å². The van der Waals surface area contributed by atoms with E-state index >= 15 is 0 Å². The fraction of sp³-hybridized carbons (Fsp3) is 0.259. The first kappa shape index (κ1) is 26.0. The van der Waals surface area contributed by atoms with Crippen LogP contribution in [-0.2, 0) is 28.6 Å². The van der Waals surface area contributed by atoms with Gasteiger partial charge in [-0.3, -0.25) is 9.59 Å². The van der Waals surface area contributed by atoms with Gasteiger partial charge in [0.2, 0.25) is 5.91 Å². The Morgan fingerprint density at radius 2 is 1.54 bits per heavy atom. The van der Waals surface area contributed by atoms with Crippen molar-refractivity contribution in [2.75, 3.05) is 5.32 Å². The lowest BCUT2D eigenvalue weighted by Gasteiger charge is -2.22. The summed E-state index contributed by atoms with van der Waals surface area (Å²) in [7, 11) is 0. The zero-order valence-corrected chi connectivity index (χ0v) is 19.2. The van der Waals surface area contributed by atoms with E-state index < -0.39 is 35.6 Å². The van der Waals surface area contributed by atoms with E-state index in [9.17, 15) is 22.8 Å². The molecule has 3 aromatic carbocycles. The Bertz CT molecular complexity index is 1170. The maximum atomic E-state index is 13.7. The lowest BCUT2D eigenvalue weighted by atomic mass is 9.96. The van der Waals surface area contributed by atoms with Crippen molar-refractivity contribution in [1.29, 1.82) is 0 Å². The van der Waals surface area contributed by atoms with Gasteiger partial charge in [0.25, 0.3) is 0 Å². The van der Waals surface area contributed by atoms with E-state index in [0.29, 0.717) is 12.8 Å². The Hall–Kier alpha value is -3.65. The van der Waals surface area contributed by atoms with E-state index in [-0.39, 0.29) is 17.7 Å². The maximum absolute atomic E-state index is 13.7. The lowest BCUT2D eigenvalue weighted by molar-refractivity contribution is -0.140. The van der Waals surface area contributed by atoms with Crippen molar-refractivity contribution in [3.63, 3.8) is 0 Å². The third-order valence-electron chi connectivity index (χ3n) is 5.68. The molecule has 0 saturated carbocycles. The minimum atomic E-state index is -4.61. The monoisotopic (exact) mass is 484 g/mol. The smallest absolute Gasteiger partial charge is 0.416 e. The highest BCUT2D eigenvalue weighted by Crippen LogP contribution is 2.35.